The topological polar surface area (TPSA) is 212 Å². The number of hydrogen-bond donors (Lipinski definition) is 7. The fraction of sp³-hybridized carbons (Fsp3) is 0.939. The maximum Gasteiger partial charge on any atom is 0.397 e. The van der Waals surface area contributed by atoms with Gasteiger partial charge in [-0.05, 0) is 19.3 Å². The van der Waals surface area contributed by atoms with Gasteiger partial charge in [-0.25, -0.2) is 4.18 Å². The van der Waals surface area contributed by atoms with E-state index in [1.54, 1.807) is 6.08 Å². The predicted octanol–water partition coefficient (Wildman–Crippen LogP) is 9.70. The number of aliphatic hydroxyl groups is 5. The lowest BCUT2D eigenvalue weighted by atomic mass is 9.99. The summed E-state index contributed by atoms with van der Waals surface area (Å²) in [5, 5.41) is 55.3. The fourth-order valence-electron chi connectivity index (χ4n) is 8.34. The second-order valence-corrected chi connectivity index (χ2v) is 19.3. The van der Waals surface area contributed by atoms with Crippen LogP contribution in [0.2, 0.25) is 0 Å². The van der Waals surface area contributed by atoms with Crippen LogP contribution in [-0.4, -0.2) is 107 Å². The molecule has 1 amide bonds. The highest BCUT2D eigenvalue weighted by molar-refractivity contribution is 7.80. The summed E-state index contributed by atoms with van der Waals surface area (Å²) in [4.78, 5) is 13.1. The van der Waals surface area contributed by atoms with Gasteiger partial charge in [0.1, 0.15) is 30.5 Å². The van der Waals surface area contributed by atoms with Crippen molar-refractivity contribution < 1.29 is 57.0 Å². The molecule has 0 saturated carbocycles. The first-order valence-electron chi connectivity index (χ1n) is 25.7. The van der Waals surface area contributed by atoms with E-state index >= 15 is 0 Å². The second-order valence-electron chi connectivity index (χ2n) is 18.3. The van der Waals surface area contributed by atoms with Crippen LogP contribution >= 0.6 is 0 Å². The summed E-state index contributed by atoms with van der Waals surface area (Å²) in [5.41, 5.74) is 0. The third kappa shape index (κ3) is 32.2. The van der Waals surface area contributed by atoms with Crippen LogP contribution in [-0.2, 0) is 28.9 Å². The number of nitrogens with one attached hydrogen (secondary N) is 1. The van der Waals surface area contributed by atoms with Crippen LogP contribution in [0.15, 0.2) is 12.2 Å². The standard InChI is InChI=1S/C49H95NO12S/c1-3-5-7-9-11-13-15-17-19-20-21-22-23-24-26-27-29-31-33-35-37-42(52)41(40-60-49-46(55)47(62-63(57,58)59)45(54)44(39-51)61-49)50-48(56)43(53)38-36-34-32-30-28-25-18-16-14-12-10-8-6-4-2/h35,37,41-47,49,51-55H,3-34,36,38-40H2,1-2H3,(H,50,56)(H,57,58,59)/b37-35+. The fourth-order valence-corrected chi connectivity index (χ4v) is 8.85. The Morgan fingerprint density at radius 3 is 1.43 bits per heavy atom. The van der Waals surface area contributed by atoms with Gasteiger partial charge in [0.2, 0.25) is 5.91 Å². The van der Waals surface area contributed by atoms with E-state index in [2.05, 4.69) is 23.3 Å². The first-order chi connectivity index (χ1) is 30.4. The molecule has 8 unspecified atom stereocenters. The molecule has 0 aromatic heterocycles. The largest absolute Gasteiger partial charge is 0.397 e. The lowest BCUT2D eigenvalue weighted by molar-refractivity contribution is -0.298. The van der Waals surface area contributed by atoms with E-state index in [9.17, 15) is 43.3 Å². The molecule has 1 aliphatic heterocycles. The van der Waals surface area contributed by atoms with Gasteiger partial charge in [0, 0.05) is 0 Å². The number of aliphatic hydroxyl groups excluding tert-OH is 5. The number of carbonyl (C=O) groups is 1. The van der Waals surface area contributed by atoms with E-state index in [0.717, 1.165) is 38.5 Å². The van der Waals surface area contributed by atoms with Gasteiger partial charge in [-0.15, -0.1) is 0 Å². The van der Waals surface area contributed by atoms with Gasteiger partial charge in [0.25, 0.3) is 0 Å². The molecule has 1 saturated heterocycles. The van der Waals surface area contributed by atoms with Crippen LogP contribution in [0.1, 0.15) is 232 Å². The van der Waals surface area contributed by atoms with E-state index in [0.29, 0.717) is 12.8 Å². The molecular weight excluding hydrogens is 827 g/mol. The minimum atomic E-state index is -5.12. The Morgan fingerprint density at radius 2 is 1.03 bits per heavy atom. The van der Waals surface area contributed by atoms with Crippen molar-refractivity contribution in [3.05, 3.63) is 12.2 Å². The van der Waals surface area contributed by atoms with Gasteiger partial charge in [-0.2, -0.15) is 8.42 Å². The quantitative estimate of drug-likeness (QED) is 0.0173. The highest BCUT2D eigenvalue weighted by Gasteiger charge is 2.48. The molecule has 14 heteroatoms. The van der Waals surface area contributed by atoms with E-state index in [-0.39, 0.29) is 6.42 Å². The summed E-state index contributed by atoms with van der Waals surface area (Å²) in [6.45, 7) is 3.24. The van der Waals surface area contributed by atoms with Crippen molar-refractivity contribution in [2.45, 2.75) is 281 Å². The molecule has 374 valence electrons. The van der Waals surface area contributed by atoms with Gasteiger partial charge in [-0.1, -0.05) is 225 Å². The second kappa shape index (κ2) is 39.9. The molecular formula is C49H95NO12S. The first kappa shape index (κ1) is 59.8. The van der Waals surface area contributed by atoms with Crippen molar-refractivity contribution >= 4 is 16.3 Å². The maximum absolute atomic E-state index is 13.1. The Hall–Kier alpha value is -1.20. The van der Waals surface area contributed by atoms with E-state index in [4.69, 9.17) is 9.47 Å². The molecule has 1 aliphatic rings. The Bertz CT molecular complexity index is 1190. The highest BCUT2D eigenvalue weighted by atomic mass is 32.3. The number of unbranched alkanes of at least 4 members (excludes halogenated alkanes) is 31. The van der Waals surface area contributed by atoms with Gasteiger partial charge in [0.15, 0.2) is 6.29 Å². The molecule has 8 atom stereocenters. The smallest absolute Gasteiger partial charge is 0.394 e. The molecule has 0 aliphatic carbocycles. The van der Waals surface area contributed by atoms with Crippen molar-refractivity contribution in [2.75, 3.05) is 13.2 Å². The van der Waals surface area contributed by atoms with Crippen molar-refractivity contribution in [1.29, 1.82) is 0 Å². The predicted molar refractivity (Wildman–Crippen MR) is 252 cm³/mol. The summed E-state index contributed by atoms with van der Waals surface area (Å²) >= 11 is 0. The Kier molecular flexibility index (Phi) is 37.9. The number of ether oxygens (including phenoxy) is 2. The van der Waals surface area contributed by atoms with Crippen molar-refractivity contribution in [2.24, 2.45) is 0 Å². The summed E-state index contributed by atoms with van der Waals surface area (Å²) < 4.78 is 47.6. The first-order valence-corrected chi connectivity index (χ1v) is 27.0. The summed E-state index contributed by atoms with van der Waals surface area (Å²) in [5.74, 6) is -0.699. The van der Waals surface area contributed by atoms with Crippen molar-refractivity contribution in [3.63, 3.8) is 0 Å². The van der Waals surface area contributed by atoms with Crippen LogP contribution < -0.4 is 5.32 Å². The van der Waals surface area contributed by atoms with E-state index < -0.39 is 78.5 Å². The summed E-state index contributed by atoms with van der Waals surface area (Å²) in [7, 11) is -5.12. The van der Waals surface area contributed by atoms with E-state index in [1.807, 2.05) is 6.08 Å². The average molecular weight is 922 g/mol. The van der Waals surface area contributed by atoms with Crippen molar-refractivity contribution in [1.82, 2.24) is 5.32 Å². The number of rotatable bonds is 44. The van der Waals surface area contributed by atoms with Crippen LogP contribution in [0.3, 0.4) is 0 Å². The minimum Gasteiger partial charge on any atom is -0.394 e. The van der Waals surface area contributed by atoms with Gasteiger partial charge in [0.05, 0.1) is 25.4 Å². The molecule has 63 heavy (non-hydrogen) atoms. The van der Waals surface area contributed by atoms with Crippen LogP contribution in [0.5, 0.6) is 0 Å². The zero-order valence-corrected chi connectivity index (χ0v) is 40.6. The van der Waals surface area contributed by atoms with Gasteiger partial charge in [-0.3, -0.25) is 9.35 Å². The molecule has 0 aromatic rings. The summed E-state index contributed by atoms with van der Waals surface area (Å²) in [6.07, 6.45) is 32.9. The zero-order chi connectivity index (χ0) is 46.4. The van der Waals surface area contributed by atoms with Crippen LogP contribution in [0.4, 0.5) is 0 Å². The average Bonchev–Trinajstić information content (AvgIpc) is 3.25. The third-order valence-corrected chi connectivity index (χ3v) is 12.9. The molecule has 1 rings (SSSR count). The maximum atomic E-state index is 13.1. The molecule has 1 fully saturated rings. The Morgan fingerprint density at radius 1 is 0.635 bits per heavy atom. The molecule has 0 radical (unpaired) electrons. The van der Waals surface area contributed by atoms with Crippen LogP contribution in [0.25, 0.3) is 0 Å². The normalized spacial score (nSPS) is 20.9. The summed E-state index contributed by atoms with van der Waals surface area (Å²) in [6, 6.07) is -1.11. The van der Waals surface area contributed by atoms with E-state index in [1.165, 1.54) is 161 Å². The zero-order valence-electron chi connectivity index (χ0n) is 39.8. The minimum absolute atomic E-state index is 0.248. The Labute approximate surface area is 383 Å². The van der Waals surface area contributed by atoms with Crippen LogP contribution in [0, 0.1) is 0 Å². The van der Waals surface area contributed by atoms with Crippen molar-refractivity contribution in [3.8, 4) is 0 Å². The SMILES string of the molecule is CCCCCCCCCCCCCCCCCCCC/C=C/C(O)C(COC1OC(CO)C(O)C(OS(=O)(=O)O)C1O)NC(=O)C(O)CCCCCCCCCCCCCCCC. The Balaban J connectivity index is 2.51. The lowest BCUT2D eigenvalue weighted by Crippen LogP contribution is -2.61. The molecule has 0 spiro atoms. The third-order valence-electron chi connectivity index (χ3n) is 12.4. The molecule has 0 bridgehead atoms. The highest BCUT2D eigenvalue weighted by Crippen LogP contribution is 2.26. The number of hydrogen-bond acceptors (Lipinski definition) is 11. The van der Waals surface area contributed by atoms with Gasteiger partial charge < -0.3 is 40.3 Å². The van der Waals surface area contributed by atoms with Gasteiger partial charge >= 0.3 is 10.4 Å². The monoisotopic (exact) mass is 922 g/mol. The number of amides is 1. The number of carbonyl (C=O) groups excluding carboxylic acids is 1. The molecule has 1 heterocycles. The molecule has 13 nitrogen and oxygen atoms in total. The molecule has 0 aromatic carbocycles. The number of allylic oxidation sites excluding steroid dienone is 1. The molecule has 7 N–H and O–H groups in total. The lowest BCUT2D eigenvalue weighted by Gasteiger charge is -2.41.